The Morgan fingerprint density at radius 3 is 1.89 bits per heavy atom. The smallest absolute Gasteiger partial charge is 0.432 e. The monoisotopic (exact) mass is 620 g/mol. The van der Waals surface area contributed by atoms with Gasteiger partial charge in [0.2, 0.25) is 15.7 Å². The zero-order valence-electron chi connectivity index (χ0n) is 24.9. The Morgan fingerprint density at radius 1 is 0.763 bits per heavy atom. The maximum atomic E-state index is 12.2. The van der Waals surface area contributed by atoms with E-state index in [4.69, 9.17) is 25.6 Å². The Labute approximate surface area is 236 Å². The molecule has 0 bridgehead atoms. The molecule has 1 saturated carbocycles. The van der Waals surface area contributed by atoms with Gasteiger partial charge < -0.3 is 35.2 Å². The standard InChI is InChI=1S/C25H52O8Si5/c1-9-10-11-18-23-35(7,26)36(8,24-19-14-12-15-20-24)33-38(29-3,30-4)32-34(5,6)31-37(27,28-2)25-21-16-13-17-22-25/h13,16-17,21-22,24,26-27H,9-12,14-15,18-20,23H2,1-8H3. The van der Waals surface area contributed by atoms with Gasteiger partial charge in [0, 0.05) is 26.5 Å². The minimum absolute atomic E-state index is 0.324. The van der Waals surface area contributed by atoms with E-state index in [0.29, 0.717) is 10.7 Å². The van der Waals surface area contributed by atoms with Crippen LogP contribution in [0.4, 0.5) is 0 Å². The lowest BCUT2D eigenvalue weighted by Crippen LogP contribution is -2.72. The number of hydrogen-bond donors (Lipinski definition) is 2. The zero-order valence-corrected chi connectivity index (χ0v) is 29.9. The van der Waals surface area contributed by atoms with Gasteiger partial charge in [0.15, 0.2) is 0 Å². The molecule has 1 fully saturated rings. The molecule has 8 nitrogen and oxygen atoms in total. The fraction of sp³-hybridized carbons (Fsp3) is 0.760. The summed E-state index contributed by atoms with van der Waals surface area (Å²) in [6.45, 7) is 10.2. The molecular weight excluding hydrogens is 569 g/mol. The summed E-state index contributed by atoms with van der Waals surface area (Å²) >= 11 is 0. The molecule has 13 heteroatoms. The second-order valence-corrected chi connectivity index (χ2v) is 32.8. The molecular formula is C25H52O8Si5. The van der Waals surface area contributed by atoms with Crippen molar-refractivity contribution in [2.45, 2.75) is 102 Å². The molecule has 0 radical (unpaired) electrons. The summed E-state index contributed by atoms with van der Waals surface area (Å²) in [6.07, 6.45) is 10.1. The maximum absolute atomic E-state index is 12.2. The van der Waals surface area contributed by atoms with Crippen LogP contribution in [0, 0.1) is 0 Å². The van der Waals surface area contributed by atoms with Crippen molar-refractivity contribution in [3.05, 3.63) is 30.3 Å². The summed E-state index contributed by atoms with van der Waals surface area (Å²) < 4.78 is 37.4. The Morgan fingerprint density at radius 2 is 1.37 bits per heavy atom. The summed E-state index contributed by atoms with van der Waals surface area (Å²) in [5, 5.41) is 0.596. The van der Waals surface area contributed by atoms with Crippen LogP contribution in [0.3, 0.4) is 0 Å². The number of unbranched alkanes of at least 4 members (excludes halogenated alkanes) is 3. The van der Waals surface area contributed by atoms with Crippen LogP contribution in [0.2, 0.25) is 37.8 Å². The van der Waals surface area contributed by atoms with Gasteiger partial charge >= 0.3 is 26.4 Å². The second kappa shape index (κ2) is 14.7. The highest BCUT2D eigenvalue weighted by molar-refractivity contribution is 7.37. The van der Waals surface area contributed by atoms with Crippen LogP contribution >= 0.6 is 0 Å². The molecule has 0 amide bonds. The highest BCUT2D eigenvalue weighted by atomic mass is 29.3. The molecule has 0 heterocycles. The molecule has 38 heavy (non-hydrogen) atoms. The van der Waals surface area contributed by atoms with E-state index in [0.717, 1.165) is 51.0 Å². The van der Waals surface area contributed by atoms with E-state index in [1.807, 2.05) is 31.3 Å². The minimum Gasteiger partial charge on any atom is -0.432 e. The van der Waals surface area contributed by atoms with Crippen molar-refractivity contribution in [3.8, 4) is 0 Å². The van der Waals surface area contributed by atoms with Crippen molar-refractivity contribution in [3.63, 3.8) is 0 Å². The number of benzene rings is 1. The van der Waals surface area contributed by atoms with Crippen molar-refractivity contribution in [2.24, 2.45) is 0 Å². The number of hydrogen-bond acceptors (Lipinski definition) is 8. The molecule has 3 atom stereocenters. The first-order valence-corrected chi connectivity index (χ1v) is 26.4. The van der Waals surface area contributed by atoms with Crippen LogP contribution in [-0.2, 0) is 25.6 Å². The lowest BCUT2D eigenvalue weighted by Gasteiger charge is -2.49. The van der Waals surface area contributed by atoms with E-state index >= 15 is 0 Å². The molecule has 0 aliphatic heterocycles. The van der Waals surface area contributed by atoms with Gasteiger partial charge in [-0.25, -0.2) is 0 Å². The molecule has 1 aromatic rings. The predicted octanol–water partition coefficient (Wildman–Crippen LogP) is 5.09. The average molecular weight is 621 g/mol. The third-order valence-corrected chi connectivity index (χ3v) is 34.2. The van der Waals surface area contributed by atoms with Crippen molar-refractivity contribution in [2.75, 3.05) is 21.3 Å². The lowest BCUT2D eigenvalue weighted by atomic mass is 10.0. The number of rotatable bonds is 17. The molecule has 2 rings (SSSR count). The van der Waals surface area contributed by atoms with Crippen molar-refractivity contribution < 1.29 is 35.2 Å². The quantitative estimate of drug-likeness (QED) is 0.184. The van der Waals surface area contributed by atoms with E-state index < -0.39 is 42.1 Å². The molecule has 220 valence electrons. The van der Waals surface area contributed by atoms with Gasteiger partial charge in [-0.15, -0.1) is 0 Å². The third kappa shape index (κ3) is 8.74. The summed E-state index contributed by atoms with van der Waals surface area (Å²) in [6, 6.07) is 9.96. The van der Waals surface area contributed by atoms with Gasteiger partial charge in [-0.3, -0.25) is 0 Å². The molecule has 0 spiro atoms. The Balaban J connectivity index is 2.37. The first-order valence-electron chi connectivity index (χ1n) is 14.1. The van der Waals surface area contributed by atoms with Crippen LogP contribution in [0.15, 0.2) is 30.3 Å². The van der Waals surface area contributed by atoms with E-state index in [-0.39, 0.29) is 0 Å². The first kappa shape index (κ1) is 34.2. The molecule has 3 unspecified atom stereocenters. The Bertz CT molecular complexity index is 823. The van der Waals surface area contributed by atoms with E-state index in [2.05, 4.69) is 20.0 Å². The summed E-state index contributed by atoms with van der Waals surface area (Å²) in [5.41, 5.74) is 0.324. The summed E-state index contributed by atoms with van der Waals surface area (Å²) in [5.74, 6) is 0. The average Bonchev–Trinajstić information content (AvgIpc) is 2.91. The van der Waals surface area contributed by atoms with Crippen LogP contribution < -0.4 is 5.19 Å². The zero-order chi connectivity index (χ0) is 28.5. The summed E-state index contributed by atoms with van der Waals surface area (Å²) in [4.78, 5) is 23.6. The second-order valence-electron chi connectivity index (χ2n) is 11.3. The van der Waals surface area contributed by atoms with Crippen molar-refractivity contribution in [1.82, 2.24) is 0 Å². The molecule has 0 saturated heterocycles. The van der Waals surface area contributed by atoms with Gasteiger partial charge in [-0.05, 0) is 37.8 Å². The van der Waals surface area contributed by atoms with Crippen molar-refractivity contribution >= 4 is 47.3 Å². The molecule has 2 N–H and O–H groups in total. The summed E-state index contributed by atoms with van der Waals surface area (Å²) in [7, 11) is -11.7. The van der Waals surface area contributed by atoms with E-state index in [1.165, 1.54) is 20.0 Å². The van der Waals surface area contributed by atoms with Crippen LogP contribution in [0.25, 0.3) is 0 Å². The first-order chi connectivity index (χ1) is 17.8. The predicted molar refractivity (Wildman–Crippen MR) is 163 cm³/mol. The van der Waals surface area contributed by atoms with Crippen LogP contribution in [0.5, 0.6) is 0 Å². The van der Waals surface area contributed by atoms with Crippen LogP contribution in [0.1, 0.15) is 64.7 Å². The Kier molecular flexibility index (Phi) is 13.3. The van der Waals surface area contributed by atoms with Gasteiger partial charge in [0.25, 0.3) is 0 Å². The molecule has 1 aliphatic rings. The van der Waals surface area contributed by atoms with Gasteiger partial charge in [-0.1, -0.05) is 95.0 Å². The Hall–Kier alpha value is -0.0156. The van der Waals surface area contributed by atoms with E-state index in [1.54, 1.807) is 26.4 Å². The minimum atomic E-state index is -3.75. The van der Waals surface area contributed by atoms with Gasteiger partial charge in [-0.2, -0.15) is 0 Å². The highest BCUT2D eigenvalue weighted by Gasteiger charge is 2.63. The lowest BCUT2D eigenvalue weighted by molar-refractivity contribution is 0.0628. The maximum Gasteiger partial charge on any atom is 0.659 e. The topological polar surface area (TPSA) is 95.8 Å². The van der Waals surface area contributed by atoms with Gasteiger partial charge in [0.1, 0.15) is 0 Å². The van der Waals surface area contributed by atoms with Crippen molar-refractivity contribution in [1.29, 1.82) is 0 Å². The SMILES string of the molecule is CCCCCC[Si](C)(O)[Si](C)(O[Si](OC)(OC)O[Si](C)(C)O[Si](O)(OC)c1ccccc1)C1CCCCC1. The largest absolute Gasteiger partial charge is 0.659 e. The fourth-order valence-corrected chi connectivity index (χ4v) is 30.9. The van der Waals surface area contributed by atoms with Gasteiger partial charge in [0.05, 0.1) is 0 Å². The van der Waals surface area contributed by atoms with E-state index in [9.17, 15) is 9.59 Å². The third-order valence-electron chi connectivity index (χ3n) is 7.98. The molecule has 1 aliphatic carbocycles. The molecule has 1 aromatic carbocycles. The van der Waals surface area contributed by atoms with Crippen LogP contribution in [-0.4, -0.2) is 73.0 Å². The molecule has 0 aromatic heterocycles. The highest BCUT2D eigenvalue weighted by Crippen LogP contribution is 2.45. The fourth-order valence-electron chi connectivity index (χ4n) is 5.48. The normalized spacial score (nSPS) is 20.5.